The molecule has 1 aliphatic rings. The molecule has 0 bridgehead atoms. The van der Waals surface area contributed by atoms with Crippen molar-refractivity contribution in [2.24, 2.45) is 0 Å². The topological polar surface area (TPSA) is 46.1 Å². The first kappa shape index (κ1) is 34.8. The summed E-state index contributed by atoms with van der Waals surface area (Å²) < 4.78 is 0. The normalized spacial score (nSPS) is 11.1. The standard InChI is InChI=1S/C6H10.C5H5.C4H9.2C3H7O.Ti/c1-3-5-6-4-2;1-2-4-5-3-1;1-4(2)3;2*1-3(2)4;/h3-6H,1-2H3;1-3H,4H2;1-3H3;2*3H,1-2H3;/q;4*-1;+4. The summed E-state index contributed by atoms with van der Waals surface area (Å²) in [5.41, 5.74) is 0. The Hall–Kier alpha value is -0.406. The van der Waals surface area contributed by atoms with Crippen LogP contribution in [0.15, 0.2) is 42.5 Å². The molecule has 0 unspecified atom stereocenters. The van der Waals surface area contributed by atoms with E-state index in [2.05, 4.69) is 32.9 Å². The SMILES string of the molecule is CC(C)[O-].CC(C)[O-].CC=CC=CC.C[C-](C)C.[C-]1=CC=CC1.[Ti+4]. The Bertz CT molecular complexity index is 246. The van der Waals surface area contributed by atoms with Crippen LogP contribution in [0, 0.1) is 12.0 Å². The smallest absolute Gasteiger partial charge is 0.852 e. The summed E-state index contributed by atoms with van der Waals surface area (Å²) in [6.07, 6.45) is 17.2. The molecule has 0 aromatic carbocycles. The van der Waals surface area contributed by atoms with Gasteiger partial charge in [0.15, 0.2) is 0 Å². The first-order chi connectivity index (χ1) is 10.6. The summed E-state index contributed by atoms with van der Waals surface area (Å²) in [6.45, 7) is 16.7. The van der Waals surface area contributed by atoms with E-state index >= 15 is 0 Å². The van der Waals surface area contributed by atoms with Crippen LogP contribution in [0.4, 0.5) is 0 Å². The average molecular weight is 370 g/mol. The number of hydrogen-bond acceptors (Lipinski definition) is 2. The van der Waals surface area contributed by atoms with Crippen LogP contribution in [0.1, 0.15) is 68.7 Å². The van der Waals surface area contributed by atoms with Crippen molar-refractivity contribution < 1.29 is 31.9 Å². The third-order valence-corrected chi connectivity index (χ3v) is 1.08. The fraction of sp³-hybridized carbons (Fsp3) is 0.571. The molecule has 0 aromatic rings. The number of hydrogen-bond donors (Lipinski definition) is 0. The molecule has 3 heteroatoms. The van der Waals surface area contributed by atoms with Crippen LogP contribution in [-0.2, 0) is 21.7 Å². The van der Waals surface area contributed by atoms with Gasteiger partial charge in [-0.25, -0.2) is 12.2 Å². The van der Waals surface area contributed by atoms with Crippen molar-refractivity contribution in [1.82, 2.24) is 0 Å². The van der Waals surface area contributed by atoms with E-state index in [1.807, 2.05) is 50.3 Å². The van der Waals surface area contributed by atoms with Gasteiger partial charge in [-0.3, -0.25) is 6.08 Å². The second-order valence-electron chi connectivity index (χ2n) is 5.65. The third-order valence-electron chi connectivity index (χ3n) is 1.08. The van der Waals surface area contributed by atoms with E-state index in [1.54, 1.807) is 27.7 Å². The summed E-state index contributed by atoms with van der Waals surface area (Å²) in [6, 6.07) is 0. The predicted octanol–water partition coefficient (Wildman–Crippen LogP) is 4.57. The minimum atomic E-state index is -0.417. The van der Waals surface area contributed by atoms with Crippen molar-refractivity contribution in [3.63, 3.8) is 0 Å². The summed E-state index contributed by atoms with van der Waals surface area (Å²) in [7, 11) is 0. The monoisotopic (exact) mass is 370 g/mol. The van der Waals surface area contributed by atoms with Gasteiger partial charge in [-0.05, 0) is 13.8 Å². The molecule has 0 aromatic heterocycles. The quantitative estimate of drug-likeness (QED) is 0.386. The van der Waals surface area contributed by atoms with Crippen molar-refractivity contribution in [3.8, 4) is 0 Å². The molecule has 24 heavy (non-hydrogen) atoms. The molecular weight excluding hydrogens is 332 g/mol. The Balaban J connectivity index is -0.0000000628. The van der Waals surface area contributed by atoms with E-state index in [1.165, 1.54) is 5.92 Å². The molecule has 138 valence electrons. The van der Waals surface area contributed by atoms with Crippen LogP contribution in [0.3, 0.4) is 0 Å². The molecule has 0 saturated heterocycles. The molecule has 0 amide bonds. The summed E-state index contributed by atoms with van der Waals surface area (Å²) in [4.78, 5) is 0. The number of rotatable bonds is 1. The van der Waals surface area contributed by atoms with Gasteiger partial charge in [0, 0.05) is 0 Å². The molecule has 1 rings (SSSR count). The Labute approximate surface area is 167 Å². The van der Waals surface area contributed by atoms with Gasteiger partial charge in [0.05, 0.1) is 0 Å². The maximum absolute atomic E-state index is 9.53. The van der Waals surface area contributed by atoms with E-state index in [-0.39, 0.29) is 21.7 Å². The Kier molecular flexibility index (Phi) is 49.4. The first-order valence-electron chi connectivity index (χ1n) is 8.15. The molecule has 0 heterocycles. The molecule has 0 radical (unpaired) electrons. The zero-order chi connectivity index (χ0) is 19.1. The first-order valence-corrected chi connectivity index (χ1v) is 8.15. The van der Waals surface area contributed by atoms with Crippen molar-refractivity contribution in [3.05, 3.63) is 54.5 Å². The van der Waals surface area contributed by atoms with Gasteiger partial charge >= 0.3 is 21.7 Å². The van der Waals surface area contributed by atoms with Gasteiger partial charge in [-0.2, -0.15) is 26.8 Å². The van der Waals surface area contributed by atoms with Gasteiger partial charge in [0.2, 0.25) is 0 Å². The summed E-state index contributed by atoms with van der Waals surface area (Å²) >= 11 is 0. The average Bonchev–Trinajstić information content (AvgIpc) is 2.93. The largest absolute Gasteiger partial charge is 4.00 e. The van der Waals surface area contributed by atoms with E-state index in [4.69, 9.17) is 0 Å². The van der Waals surface area contributed by atoms with Crippen molar-refractivity contribution >= 4 is 0 Å². The van der Waals surface area contributed by atoms with Gasteiger partial charge in [-0.15, -0.1) is 18.6 Å². The molecule has 1 aliphatic carbocycles. The van der Waals surface area contributed by atoms with Gasteiger partial charge in [0.1, 0.15) is 0 Å². The molecule has 0 saturated carbocycles. The van der Waals surface area contributed by atoms with E-state index in [9.17, 15) is 10.2 Å². The number of allylic oxidation sites excluding steroid dienone is 8. The maximum atomic E-state index is 9.53. The fourth-order valence-electron chi connectivity index (χ4n) is 0.562. The van der Waals surface area contributed by atoms with Crippen LogP contribution >= 0.6 is 0 Å². The Morgan fingerprint density at radius 2 is 1.21 bits per heavy atom. The Morgan fingerprint density at radius 1 is 0.917 bits per heavy atom. The molecule has 0 atom stereocenters. The molecule has 0 fully saturated rings. The molecular formula is C21H38O2Ti. The predicted molar refractivity (Wildman–Crippen MR) is 102 cm³/mol. The van der Waals surface area contributed by atoms with Crippen LogP contribution in [0.25, 0.3) is 0 Å². The molecule has 0 spiro atoms. The van der Waals surface area contributed by atoms with Crippen LogP contribution in [0.5, 0.6) is 0 Å². The maximum Gasteiger partial charge on any atom is 4.00 e. The Morgan fingerprint density at radius 3 is 1.29 bits per heavy atom. The molecule has 2 nitrogen and oxygen atoms in total. The minimum absolute atomic E-state index is 0. The van der Waals surface area contributed by atoms with E-state index < -0.39 is 12.2 Å². The summed E-state index contributed by atoms with van der Waals surface area (Å²) in [5, 5.41) is 19.1. The van der Waals surface area contributed by atoms with Crippen LogP contribution in [-0.4, -0.2) is 12.2 Å². The van der Waals surface area contributed by atoms with Crippen LogP contribution in [0.2, 0.25) is 0 Å². The van der Waals surface area contributed by atoms with E-state index in [0.717, 1.165) is 6.42 Å². The van der Waals surface area contributed by atoms with Crippen molar-refractivity contribution in [2.45, 2.75) is 80.9 Å². The third kappa shape index (κ3) is 159. The van der Waals surface area contributed by atoms with Gasteiger partial charge in [0.25, 0.3) is 0 Å². The zero-order valence-electron chi connectivity index (χ0n) is 17.2. The van der Waals surface area contributed by atoms with Gasteiger partial charge in [-0.1, -0.05) is 52.0 Å². The van der Waals surface area contributed by atoms with Crippen molar-refractivity contribution in [1.29, 1.82) is 0 Å². The minimum Gasteiger partial charge on any atom is -0.852 e. The van der Waals surface area contributed by atoms with Crippen LogP contribution < -0.4 is 10.2 Å². The van der Waals surface area contributed by atoms with Gasteiger partial charge < -0.3 is 16.1 Å². The summed E-state index contributed by atoms with van der Waals surface area (Å²) in [5.74, 6) is 1.42. The molecule has 0 N–H and O–H groups in total. The fourth-order valence-corrected chi connectivity index (χ4v) is 0.562. The second-order valence-corrected chi connectivity index (χ2v) is 5.65. The van der Waals surface area contributed by atoms with Crippen molar-refractivity contribution in [2.75, 3.05) is 0 Å². The molecule has 0 aliphatic heterocycles. The van der Waals surface area contributed by atoms with E-state index in [0.29, 0.717) is 0 Å². The second kappa shape index (κ2) is 34.0. The zero-order valence-corrected chi connectivity index (χ0v) is 18.8.